The van der Waals surface area contributed by atoms with Gasteiger partial charge < -0.3 is 8.37 Å². The fourth-order valence-electron chi connectivity index (χ4n) is 1.25. The van der Waals surface area contributed by atoms with Crippen LogP contribution < -0.4 is 8.37 Å². The van der Waals surface area contributed by atoms with Crippen LogP contribution in [0.4, 0.5) is 13.2 Å². The number of alkyl halides is 3. The molecule has 1 rings (SSSR count). The van der Waals surface area contributed by atoms with Gasteiger partial charge in [0.25, 0.3) is 0 Å². The summed E-state index contributed by atoms with van der Waals surface area (Å²) in [6, 6.07) is 3.84. The standard InChI is InChI=1S/C10H5F3N2O6S2/c1-22(16,17)20-8-2-3-9(7(5-15)6(8)4-14)21-23(18,19)10(11,12)13/h2-3H,1H3. The Morgan fingerprint density at radius 2 is 1.35 bits per heavy atom. The molecule has 0 heterocycles. The quantitative estimate of drug-likeness (QED) is 0.566. The average Bonchev–Trinajstić information content (AvgIpc) is 2.36. The lowest BCUT2D eigenvalue weighted by Crippen LogP contribution is -2.28. The lowest BCUT2D eigenvalue weighted by Gasteiger charge is -2.12. The number of nitrogens with zero attached hydrogens (tertiary/aromatic N) is 2. The van der Waals surface area contributed by atoms with Crippen LogP contribution in [0.2, 0.25) is 0 Å². The zero-order valence-electron chi connectivity index (χ0n) is 10.9. The Labute approximate surface area is 128 Å². The van der Waals surface area contributed by atoms with Gasteiger partial charge in [0, 0.05) is 0 Å². The second kappa shape index (κ2) is 5.94. The van der Waals surface area contributed by atoms with E-state index < -0.39 is 48.4 Å². The Bertz CT molecular complexity index is 923. The number of rotatable bonds is 4. The van der Waals surface area contributed by atoms with Crippen LogP contribution in [0, 0.1) is 22.7 Å². The highest BCUT2D eigenvalue weighted by atomic mass is 32.2. The zero-order chi connectivity index (χ0) is 18.1. The van der Waals surface area contributed by atoms with Crippen LogP contribution in [0.25, 0.3) is 0 Å². The van der Waals surface area contributed by atoms with E-state index in [1.54, 1.807) is 0 Å². The van der Waals surface area contributed by atoms with E-state index in [0.29, 0.717) is 18.4 Å². The minimum absolute atomic E-state index is 0.559. The van der Waals surface area contributed by atoms with Crippen molar-refractivity contribution < 1.29 is 38.4 Å². The predicted molar refractivity (Wildman–Crippen MR) is 66.9 cm³/mol. The molecule has 0 saturated heterocycles. The van der Waals surface area contributed by atoms with Gasteiger partial charge in [-0.25, -0.2) is 0 Å². The maximum absolute atomic E-state index is 12.3. The van der Waals surface area contributed by atoms with Gasteiger partial charge in [0.05, 0.1) is 6.26 Å². The van der Waals surface area contributed by atoms with Gasteiger partial charge in [-0.2, -0.15) is 40.5 Å². The molecule has 124 valence electrons. The third-order valence-electron chi connectivity index (χ3n) is 2.08. The summed E-state index contributed by atoms with van der Waals surface area (Å²) in [5.74, 6) is -1.76. The normalized spacial score (nSPS) is 12.1. The van der Waals surface area contributed by atoms with Crippen LogP contribution in [0.5, 0.6) is 11.5 Å². The van der Waals surface area contributed by atoms with E-state index in [0.717, 1.165) is 0 Å². The first-order chi connectivity index (χ1) is 10.3. The van der Waals surface area contributed by atoms with Gasteiger partial charge in [0.2, 0.25) is 0 Å². The third-order valence-corrected chi connectivity index (χ3v) is 3.52. The van der Waals surface area contributed by atoms with E-state index in [9.17, 15) is 30.0 Å². The molecule has 0 aliphatic rings. The molecule has 0 unspecified atom stereocenters. The van der Waals surface area contributed by atoms with Crippen molar-refractivity contribution in [3.63, 3.8) is 0 Å². The Morgan fingerprint density at radius 3 is 1.65 bits per heavy atom. The van der Waals surface area contributed by atoms with Gasteiger partial charge >= 0.3 is 25.7 Å². The lowest BCUT2D eigenvalue weighted by atomic mass is 10.1. The summed E-state index contributed by atoms with van der Waals surface area (Å²) in [6.45, 7) is 0. The lowest BCUT2D eigenvalue weighted by molar-refractivity contribution is -0.0500. The van der Waals surface area contributed by atoms with Crippen molar-refractivity contribution in [1.29, 1.82) is 10.5 Å². The Balaban J connectivity index is 3.51. The van der Waals surface area contributed by atoms with E-state index in [1.807, 2.05) is 0 Å². The monoisotopic (exact) mass is 370 g/mol. The maximum atomic E-state index is 12.3. The molecule has 1 aromatic rings. The van der Waals surface area contributed by atoms with Gasteiger partial charge in [-0.1, -0.05) is 0 Å². The molecular weight excluding hydrogens is 365 g/mol. The molecule has 0 spiro atoms. The van der Waals surface area contributed by atoms with E-state index >= 15 is 0 Å². The van der Waals surface area contributed by atoms with Crippen molar-refractivity contribution in [1.82, 2.24) is 0 Å². The highest BCUT2D eigenvalue weighted by molar-refractivity contribution is 7.88. The average molecular weight is 370 g/mol. The van der Waals surface area contributed by atoms with Gasteiger partial charge in [0.1, 0.15) is 23.3 Å². The molecule has 0 aliphatic carbocycles. The Kier molecular flexibility index (Phi) is 4.79. The molecule has 23 heavy (non-hydrogen) atoms. The zero-order valence-corrected chi connectivity index (χ0v) is 12.6. The highest BCUT2D eigenvalue weighted by Crippen LogP contribution is 2.34. The number of benzene rings is 1. The van der Waals surface area contributed by atoms with Crippen LogP contribution in [-0.4, -0.2) is 28.6 Å². The molecule has 0 aliphatic heterocycles. The van der Waals surface area contributed by atoms with E-state index in [-0.39, 0.29) is 0 Å². The molecule has 0 radical (unpaired) electrons. The van der Waals surface area contributed by atoms with Gasteiger partial charge in [-0.05, 0) is 12.1 Å². The molecule has 0 fully saturated rings. The second-order valence-electron chi connectivity index (χ2n) is 3.81. The minimum Gasteiger partial charge on any atom is -0.381 e. The van der Waals surface area contributed by atoms with Crippen LogP contribution in [0.15, 0.2) is 12.1 Å². The highest BCUT2D eigenvalue weighted by Gasteiger charge is 2.49. The van der Waals surface area contributed by atoms with Crippen LogP contribution in [-0.2, 0) is 20.2 Å². The fourth-order valence-corrected chi connectivity index (χ4v) is 2.19. The first kappa shape index (κ1) is 18.5. The molecule has 8 nitrogen and oxygen atoms in total. The van der Waals surface area contributed by atoms with Crippen LogP contribution in [0.3, 0.4) is 0 Å². The Morgan fingerprint density at radius 1 is 0.957 bits per heavy atom. The summed E-state index contributed by atoms with van der Waals surface area (Å²) < 4.78 is 88.9. The summed E-state index contributed by atoms with van der Waals surface area (Å²) >= 11 is 0. The third kappa shape index (κ3) is 4.24. The summed E-state index contributed by atoms with van der Waals surface area (Å²) in [5, 5.41) is 17.8. The number of hydrogen-bond acceptors (Lipinski definition) is 8. The van der Waals surface area contributed by atoms with Crippen molar-refractivity contribution >= 4 is 20.2 Å². The molecule has 0 amide bonds. The Hall–Kier alpha value is -2.51. The summed E-state index contributed by atoms with van der Waals surface area (Å²) in [5.41, 5.74) is -7.48. The molecule has 1 aromatic carbocycles. The van der Waals surface area contributed by atoms with Gasteiger partial charge in [-0.3, -0.25) is 0 Å². The smallest absolute Gasteiger partial charge is 0.381 e. The number of nitriles is 2. The van der Waals surface area contributed by atoms with E-state index in [4.69, 9.17) is 10.5 Å². The van der Waals surface area contributed by atoms with Crippen molar-refractivity contribution in [3.05, 3.63) is 23.3 Å². The van der Waals surface area contributed by atoms with E-state index in [1.165, 1.54) is 12.1 Å². The number of hydrogen-bond donors (Lipinski definition) is 0. The number of halogens is 3. The molecule has 0 atom stereocenters. The molecule has 0 bridgehead atoms. The topological polar surface area (TPSA) is 134 Å². The molecule has 13 heteroatoms. The summed E-state index contributed by atoms with van der Waals surface area (Å²) in [7, 11) is -10.2. The summed E-state index contributed by atoms with van der Waals surface area (Å²) in [6.07, 6.45) is 0.624. The molecule has 0 aromatic heterocycles. The van der Waals surface area contributed by atoms with Gasteiger partial charge in [-0.15, -0.1) is 0 Å². The largest absolute Gasteiger partial charge is 0.534 e. The second-order valence-corrected chi connectivity index (χ2v) is 6.92. The van der Waals surface area contributed by atoms with Crippen molar-refractivity contribution in [2.24, 2.45) is 0 Å². The summed E-state index contributed by atoms with van der Waals surface area (Å²) in [4.78, 5) is 0. The predicted octanol–water partition coefficient (Wildman–Crippen LogP) is 0.997. The van der Waals surface area contributed by atoms with Crippen LogP contribution >= 0.6 is 0 Å². The molecular formula is C10H5F3N2O6S2. The van der Waals surface area contributed by atoms with E-state index in [2.05, 4.69) is 8.37 Å². The maximum Gasteiger partial charge on any atom is 0.534 e. The first-order valence-electron chi connectivity index (χ1n) is 5.20. The van der Waals surface area contributed by atoms with Crippen molar-refractivity contribution in [3.8, 4) is 23.6 Å². The minimum atomic E-state index is -6.08. The SMILES string of the molecule is CS(=O)(=O)Oc1ccc(OS(=O)(=O)C(F)(F)F)c(C#N)c1C#N. The van der Waals surface area contributed by atoms with Crippen molar-refractivity contribution in [2.75, 3.05) is 6.26 Å². The first-order valence-corrected chi connectivity index (χ1v) is 8.42. The van der Waals surface area contributed by atoms with Crippen LogP contribution in [0.1, 0.15) is 11.1 Å². The fraction of sp³-hybridized carbons (Fsp3) is 0.200. The molecule has 0 saturated carbocycles. The van der Waals surface area contributed by atoms with Gasteiger partial charge in [0.15, 0.2) is 11.5 Å². The van der Waals surface area contributed by atoms with Crippen molar-refractivity contribution in [2.45, 2.75) is 5.51 Å². The molecule has 0 N–H and O–H groups in total.